The largest absolute Gasteiger partial charge is 0.459 e. The van der Waals surface area contributed by atoms with E-state index in [1.54, 1.807) is 52.5 Å². The van der Waals surface area contributed by atoms with E-state index < -0.39 is 0 Å². The van der Waals surface area contributed by atoms with Crippen LogP contribution in [0.4, 0.5) is 0 Å². The van der Waals surface area contributed by atoms with Crippen molar-refractivity contribution in [1.29, 1.82) is 0 Å². The molecule has 0 saturated carbocycles. The lowest BCUT2D eigenvalue weighted by molar-refractivity contribution is -0.133. The van der Waals surface area contributed by atoms with E-state index in [0.717, 1.165) is 5.56 Å². The molecule has 4 rings (SSSR count). The smallest absolute Gasteiger partial charge is 0.289 e. The molecule has 1 aliphatic rings. The van der Waals surface area contributed by atoms with Crippen molar-refractivity contribution >= 4 is 11.8 Å². The SMILES string of the molecule is O=C(Cn1nc(-c2ccncc2)ccc1=O)N1CCN(C(=O)c2ccco2)CC1. The lowest BCUT2D eigenvalue weighted by Crippen LogP contribution is -2.51. The molecule has 2 amide bonds. The van der Waals surface area contributed by atoms with Gasteiger partial charge in [-0.05, 0) is 30.3 Å². The van der Waals surface area contributed by atoms with Crippen LogP contribution in [0, 0.1) is 0 Å². The highest BCUT2D eigenvalue weighted by Crippen LogP contribution is 2.13. The Morgan fingerprint density at radius 3 is 2.38 bits per heavy atom. The van der Waals surface area contributed by atoms with Crippen molar-refractivity contribution in [3.8, 4) is 11.3 Å². The van der Waals surface area contributed by atoms with E-state index in [4.69, 9.17) is 4.42 Å². The van der Waals surface area contributed by atoms with Crippen molar-refractivity contribution in [1.82, 2.24) is 24.6 Å². The van der Waals surface area contributed by atoms with Crippen LogP contribution >= 0.6 is 0 Å². The second-order valence-corrected chi connectivity index (χ2v) is 6.60. The van der Waals surface area contributed by atoms with Crippen LogP contribution in [-0.4, -0.2) is 62.6 Å². The van der Waals surface area contributed by atoms with Gasteiger partial charge in [-0.3, -0.25) is 19.4 Å². The van der Waals surface area contributed by atoms with Crippen LogP contribution in [0.15, 0.2) is 64.3 Å². The standard InChI is InChI=1S/C20H19N5O4/c26-18-4-3-16(15-5-7-21-8-6-15)22-25(18)14-19(27)23-9-11-24(12-10-23)20(28)17-2-1-13-29-17/h1-8,13H,9-12,14H2. The summed E-state index contributed by atoms with van der Waals surface area (Å²) in [5.41, 5.74) is 1.06. The van der Waals surface area contributed by atoms with Gasteiger partial charge in [-0.15, -0.1) is 0 Å². The number of furan rings is 1. The zero-order valence-corrected chi connectivity index (χ0v) is 15.6. The summed E-state index contributed by atoms with van der Waals surface area (Å²) in [7, 11) is 0. The monoisotopic (exact) mass is 393 g/mol. The molecule has 4 heterocycles. The third-order valence-corrected chi connectivity index (χ3v) is 4.78. The first kappa shape index (κ1) is 18.6. The quantitative estimate of drug-likeness (QED) is 0.652. The first-order valence-electron chi connectivity index (χ1n) is 9.21. The van der Waals surface area contributed by atoms with Gasteiger partial charge >= 0.3 is 0 Å². The summed E-state index contributed by atoms with van der Waals surface area (Å²) in [6, 6.07) is 9.88. The second kappa shape index (κ2) is 8.09. The van der Waals surface area contributed by atoms with Crippen LogP contribution in [0.1, 0.15) is 10.6 Å². The number of rotatable bonds is 4. The molecule has 9 heteroatoms. The molecule has 9 nitrogen and oxygen atoms in total. The Hall–Kier alpha value is -3.75. The molecule has 3 aromatic heterocycles. The van der Waals surface area contributed by atoms with Crippen LogP contribution in [0.5, 0.6) is 0 Å². The highest BCUT2D eigenvalue weighted by Gasteiger charge is 2.26. The van der Waals surface area contributed by atoms with E-state index in [2.05, 4.69) is 10.1 Å². The molecule has 0 unspecified atom stereocenters. The normalized spacial score (nSPS) is 14.1. The Morgan fingerprint density at radius 1 is 0.966 bits per heavy atom. The number of hydrogen-bond acceptors (Lipinski definition) is 6. The molecule has 1 fully saturated rings. The summed E-state index contributed by atoms with van der Waals surface area (Å²) < 4.78 is 6.31. The molecule has 29 heavy (non-hydrogen) atoms. The van der Waals surface area contributed by atoms with E-state index in [0.29, 0.717) is 31.9 Å². The fourth-order valence-corrected chi connectivity index (χ4v) is 3.18. The van der Waals surface area contributed by atoms with Gasteiger partial charge in [0.2, 0.25) is 5.91 Å². The number of piperazine rings is 1. The Morgan fingerprint density at radius 2 is 1.69 bits per heavy atom. The predicted molar refractivity (Wildman–Crippen MR) is 103 cm³/mol. The third kappa shape index (κ3) is 4.08. The number of amides is 2. The predicted octanol–water partition coefficient (Wildman–Crippen LogP) is 0.883. The summed E-state index contributed by atoms with van der Waals surface area (Å²) in [5.74, 6) is -0.116. The van der Waals surface area contributed by atoms with E-state index >= 15 is 0 Å². The average Bonchev–Trinajstić information content (AvgIpc) is 3.30. The molecule has 0 N–H and O–H groups in total. The van der Waals surface area contributed by atoms with Crippen molar-refractivity contribution in [2.75, 3.05) is 26.2 Å². The van der Waals surface area contributed by atoms with Gasteiger partial charge in [0, 0.05) is 50.2 Å². The van der Waals surface area contributed by atoms with Crippen LogP contribution in [0.25, 0.3) is 11.3 Å². The Balaban J connectivity index is 1.40. The van der Waals surface area contributed by atoms with Crippen LogP contribution in [0.3, 0.4) is 0 Å². The summed E-state index contributed by atoms with van der Waals surface area (Å²) >= 11 is 0. The van der Waals surface area contributed by atoms with Crippen molar-refractivity contribution in [3.05, 3.63) is 71.2 Å². The van der Waals surface area contributed by atoms with Crippen molar-refractivity contribution in [2.24, 2.45) is 0 Å². The molecule has 0 spiro atoms. The Bertz CT molecular complexity index is 1050. The number of nitrogens with zero attached hydrogens (tertiary/aromatic N) is 5. The van der Waals surface area contributed by atoms with Gasteiger partial charge in [0.1, 0.15) is 6.54 Å². The first-order chi connectivity index (χ1) is 14.1. The molecule has 3 aromatic rings. The van der Waals surface area contributed by atoms with Crippen LogP contribution in [-0.2, 0) is 11.3 Å². The van der Waals surface area contributed by atoms with E-state index in [9.17, 15) is 14.4 Å². The van der Waals surface area contributed by atoms with Gasteiger partial charge in [0.05, 0.1) is 12.0 Å². The highest BCUT2D eigenvalue weighted by molar-refractivity contribution is 5.91. The highest BCUT2D eigenvalue weighted by atomic mass is 16.3. The lowest BCUT2D eigenvalue weighted by atomic mass is 10.2. The van der Waals surface area contributed by atoms with E-state index in [1.165, 1.54) is 17.0 Å². The molecule has 0 aliphatic carbocycles. The van der Waals surface area contributed by atoms with Crippen LogP contribution < -0.4 is 5.56 Å². The zero-order valence-electron chi connectivity index (χ0n) is 15.6. The van der Waals surface area contributed by atoms with Gasteiger partial charge in [0.25, 0.3) is 11.5 Å². The fourth-order valence-electron chi connectivity index (χ4n) is 3.18. The molecule has 0 radical (unpaired) electrons. The number of hydrogen-bond donors (Lipinski definition) is 0. The minimum absolute atomic E-state index is 0.149. The Kier molecular flexibility index (Phi) is 5.19. The maximum Gasteiger partial charge on any atom is 0.289 e. The van der Waals surface area contributed by atoms with Crippen molar-refractivity contribution < 1.29 is 14.0 Å². The third-order valence-electron chi connectivity index (χ3n) is 4.78. The lowest BCUT2D eigenvalue weighted by Gasteiger charge is -2.34. The fraction of sp³-hybridized carbons (Fsp3) is 0.250. The van der Waals surface area contributed by atoms with Gasteiger partial charge in [-0.2, -0.15) is 5.10 Å². The summed E-state index contributed by atoms with van der Waals surface area (Å²) in [6.07, 6.45) is 4.74. The van der Waals surface area contributed by atoms with E-state index in [-0.39, 0.29) is 29.7 Å². The molecular formula is C20H19N5O4. The topological polar surface area (TPSA) is 102 Å². The van der Waals surface area contributed by atoms with Crippen LogP contribution in [0.2, 0.25) is 0 Å². The average molecular weight is 393 g/mol. The number of aromatic nitrogens is 3. The zero-order chi connectivity index (χ0) is 20.2. The molecular weight excluding hydrogens is 374 g/mol. The number of pyridine rings is 1. The number of carbonyl (C=O) groups excluding carboxylic acids is 2. The van der Waals surface area contributed by atoms with Gasteiger partial charge in [-0.25, -0.2) is 4.68 Å². The minimum atomic E-state index is -0.345. The number of carbonyl (C=O) groups is 2. The summed E-state index contributed by atoms with van der Waals surface area (Å²) in [4.78, 5) is 44.4. The molecule has 1 aliphatic heterocycles. The molecule has 0 bridgehead atoms. The maximum atomic E-state index is 12.7. The van der Waals surface area contributed by atoms with Crippen molar-refractivity contribution in [3.63, 3.8) is 0 Å². The molecule has 1 saturated heterocycles. The molecule has 148 valence electrons. The van der Waals surface area contributed by atoms with Gasteiger partial charge < -0.3 is 14.2 Å². The summed E-state index contributed by atoms with van der Waals surface area (Å²) in [5, 5.41) is 4.31. The van der Waals surface area contributed by atoms with Gasteiger partial charge in [0.15, 0.2) is 5.76 Å². The molecule has 0 aromatic carbocycles. The van der Waals surface area contributed by atoms with E-state index in [1.807, 2.05) is 0 Å². The summed E-state index contributed by atoms with van der Waals surface area (Å²) in [6.45, 7) is 1.45. The second-order valence-electron chi connectivity index (χ2n) is 6.60. The maximum absolute atomic E-state index is 12.7. The van der Waals surface area contributed by atoms with Crippen molar-refractivity contribution in [2.45, 2.75) is 6.54 Å². The molecule has 0 atom stereocenters. The minimum Gasteiger partial charge on any atom is -0.459 e. The Labute approximate surface area is 166 Å². The first-order valence-corrected chi connectivity index (χ1v) is 9.21. The van der Waals surface area contributed by atoms with Gasteiger partial charge in [-0.1, -0.05) is 0 Å².